The van der Waals surface area contributed by atoms with E-state index in [0.717, 1.165) is 49.3 Å². The zero-order valence-electron chi connectivity index (χ0n) is 18.0. The number of carbonyl (C=O) groups excluding carboxylic acids is 2. The Balaban J connectivity index is 1.29. The summed E-state index contributed by atoms with van der Waals surface area (Å²) in [7, 11) is 0. The smallest absolute Gasteiger partial charge is 0.253 e. The predicted octanol–water partition coefficient (Wildman–Crippen LogP) is 4.33. The molecule has 2 fully saturated rings. The number of amides is 2. The molecule has 7 heteroatoms. The molecule has 0 saturated carbocycles. The highest BCUT2D eigenvalue weighted by molar-refractivity contribution is 6.30. The standard InChI is InChI=1S/C25H27ClN2O4/c26-20-8-5-17(6-9-20)24(29)27-11-1-3-19(16-27)25(30)28-12-2-4-21(28)18-7-10-22-23(15-18)32-14-13-31-22/h5-10,15,19,21H,1-4,11-14,16H2/t19-,21-/m1/s1. The van der Waals surface area contributed by atoms with Crippen LogP contribution in [0.1, 0.15) is 47.6 Å². The first-order valence-electron chi connectivity index (χ1n) is 11.3. The predicted molar refractivity (Wildman–Crippen MR) is 121 cm³/mol. The molecule has 2 saturated heterocycles. The number of nitrogens with zero attached hydrogens (tertiary/aromatic N) is 2. The summed E-state index contributed by atoms with van der Waals surface area (Å²) in [5, 5.41) is 0.604. The third-order valence-electron chi connectivity index (χ3n) is 6.64. The van der Waals surface area contributed by atoms with Crippen molar-refractivity contribution in [3.05, 3.63) is 58.6 Å². The monoisotopic (exact) mass is 454 g/mol. The fourth-order valence-corrected chi connectivity index (χ4v) is 5.14. The lowest BCUT2D eigenvalue weighted by atomic mass is 9.94. The molecule has 5 rings (SSSR count). The van der Waals surface area contributed by atoms with Crippen molar-refractivity contribution in [2.24, 2.45) is 5.92 Å². The number of piperidine rings is 1. The largest absolute Gasteiger partial charge is 0.486 e. The Morgan fingerprint density at radius 3 is 2.47 bits per heavy atom. The SMILES string of the molecule is O=C(c1ccc(Cl)cc1)N1CCC[C@@H](C(=O)N2CCC[C@@H]2c2ccc3c(c2)OCCO3)C1. The van der Waals surface area contributed by atoms with E-state index in [1.54, 1.807) is 24.3 Å². The zero-order chi connectivity index (χ0) is 22.1. The lowest BCUT2D eigenvalue weighted by Crippen LogP contribution is -2.46. The molecule has 3 heterocycles. The van der Waals surface area contributed by atoms with E-state index in [1.165, 1.54) is 0 Å². The third-order valence-corrected chi connectivity index (χ3v) is 6.89. The number of rotatable bonds is 3. The minimum absolute atomic E-state index is 0.0380. The molecule has 2 atom stereocenters. The number of likely N-dealkylation sites (tertiary alicyclic amines) is 2. The molecule has 0 spiro atoms. The van der Waals surface area contributed by atoms with Crippen LogP contribution in [0, 0.1) is 5.92 Å². The van der Waals surface area contributed by atoms with Crippen molar-refractivity contribution in [3.63, 3.8) is 0 Å². The highest BCUT2D eigenvalue weighted by Crippen LogP contribution is 2.39. The van der Waals surface area contributed by atoms with Gasteiger partial charge in [-0.1, -0.05) is 17.7 Å². The quantitative estimate of drug-likeness (QED) is 0.692. The first kappa shape index (κ1) is 21.1. The summed E-state index contributed by atoms with van der Waals surface area (Å²) >= 11 is 5.95. The van der Waals surface area contributed by atoms with Gasteiger partial charge in [0.15, 0.2) is 11.5 Å². The minimum Gasteiger partial charge on any atom is -0.486 e. The van der Waals surface area contributed by atoms with Crippen molar-refractivity contribution in [3.8, 4) is 11.5 Å². The van der Waals surface area contributed by atoms with Crippen LogP contribution >= 0.6 is 11.6 Å². The van der Waals surface area contributed by atoms with Gasteiger partial charge < -0.3 is 19.3 Å². The number of halogens is 1. The van der Waals surface area contributed by atoms with Gasteiger partial charge in [-0.25, -0.2) is 0 Å². The van der Waals surface area contributed by atoms with Crippen LogP contribution in [0.4, 0.5) is 0 Å². The van der Waals surface area contributed by atoms with Crippen molar-refractivity contribution in [2.75, 3.05) is 32.8 Å². The van der Waals surface area contributed by atoms with E-state index < -0.39 is 0 Å². The molecule has 32 heavy (non-hydrogen) atoms. The van der Waals surface area contributed by atoms with Gasteiger partial charge in [0.1, 0.15) is 13.2 Å². The first-order valence-corrected chi connectivity index (χ1v) is 11.7. The number of hydrogen-bond acceptors (Lipinski definition) is 4. The van der Waals surface area contributed by atoms with Gasteiger partial charge in [-0.2, -0.15) is 0 Å². The molecule has 0 radical (unpaired) electrons. The molecular weight excluding hydrogens is 428 g/mol. The van der Waals surface area contributed by atoms with Gasteiger partial charge in [0.05, 0.1) is 12.0 Å². The summed E-state index contributed by atoms with van der Waals surface area (Å²) in [5.74, 6) is 1.46. The van der Waals surface area contributed by atoms with Crippen LogP contribution in [0.25, 0.3) is 0 Å². The maximum absolute atomic E-state index is 13.5. The second-order valence-electron chi connectivity index (χ2n) is 8.69. The Bertz CT molecular complexity index is 1010. The van der Waals surface area contributed by atoms with Crippen molar-refractivity contribution in [2.45, 2.75) is 31.7 Å². The molecule has 2 aromatic rings. The van der Waals surface area contributed by atoms with Crippen molar-refractivity contribution < 1.29 is 19.1 Å². The van der Waals surface area contributed by atoms with Crippen LogP contribution in [0.5, 0.6) is 11.5 Å². The topological polar surface area (TPSA) is 59.1 Å². The summed E-state index contributed by atoms with van der Waals surface area (Å²) < 4.78 is 11.4. The Labute approximate surface area is 193 Å². The third kappa shape index (κ3) is 4.16. The van der Waals surface area contributed by atoms with Gasteiger partial charge in [0.25, 0.3) is 5.91 Å². The van der Waals surface area contributed by atoms with Crippen LogP contribution in [0.2, 0.25) is 5.02 Å². The van der Waals surface area contributed by atoms with Gasteiger partial charge in [-0.05, 0) is 67.6 Å². The highest BCUT2D eigenvalue weighted by Gasteiger charge is 2.37. The zero-order valence-corrected chi connectivity index (χ0v) is 18.7. The molecule has 0 N–H and O–H groups in total. The van der Waals surface area contributed by atoms with E-state index >= 15 is 0 Å². The molecule has 0 aliphatic carbocycles. The molecular formula is C25H27ClN2O4. The molecule has 0 unspecified atom stereocenters. The molecule has 3 aliphatic rings. The molecule has 2 amide bonds. The summed E-state index contributed by atoms with van der Waals surface area (Å²) in [6.07, 6.45) is 3.56. The van der Waals surface area contributed by atoms with Crippen LogP contribution in [-0.2, 0) is 4.79 Å². The number of fused-ring (bicyclic) bond motifs is 1. The maximum Gasteiger partial charge on any atom is 0.253 e. The van der Waals surface area contributed by atoms with Crippen molar-refractivity contribution in [1.82, 2.24) is 9.80 Å². The molecule has 6 nitrogen and oxygen atoms in total. The van der Waals surface area contributed by atoms with E-state index in [0.29, 0.717) is 36.9 Å². The minimum atomic E-state index is -0.169. The Morgan fingerprint density at radius 2 is 1.66 bits per heavy atom. The van der Waals surface area contributed by atoms with Crippen LogP contribution in [-0.4, -0.2) is 54.5 Å². The van der Waals surface area contributed by atoms with Crippen LogP contribution in [0.15, 0.2) is 42.5 Å². The maximum atomic E-state index is 13.5. The lowest BCUT2D eigenvalue weighted by molar-refractivity contribution is -0.138. The van der Waals surface area contributed by atoms with E-state index in [1.807, 2.05) is 28.0 Å². The average Bonchev–Trinajstić information content (AvgIpc) is 3.33. The molecule has 0 bridgehead atoms. The molecule has 0 aromatic heterocycles. The molecule has 168 valence electrons. The molecule has 2 aromatic carbocycles. The lowest BCUT2D eigenvalue weighted by Gasteiger charge is -2.36. The van der Waals surface area contributed by atoms with Gasteiger partial charge in [-0.3, -0.25) is 9.59 Å². The highest BCUT2D eigenvalue weighted by atomic mass is 35.5. The van der Waals surface area contributed by atoms with E-state index in [4.69, 9.17) is 21.1 Å². The Kier molecular flexibility index (Phi) is 5.96. The van der Waals surface area contributed by atoms with Crippen LogP contribution in [0.3, 0.4) is 0 Å². The molecule has 3 aliphatic heterocycles. The average molecular weight is 455 g/mol. The summed E-state index contributed by atoms with van der Waals surface area (Å²) in [6, 6.07) is 13.0. The fraction of sp³-hybridized carbons (Fsp3) is 0.440. The Morgan fingerprint density at radius 1 is 0.906 bits per heavy atom. The number of ether oxygens (including phenoxy) is 2. The first-order chi connectivity index (χ1) is 15.6. The summed E-state index contributed by atoms with van der Waals surface area (Å²) in [6.45, 7) is 3.00. The van der Waals surface area contributed by atoms with Crippen LogP contribution < -0.4 is 9.47 Å². The normalized spacial score (nSPS) is 22.7. The summed E-state index contributed by atoms with van der Waals surface area (Å²) in [4.78, 5) is 30.3. The van der Waals surface area contributed by atoms with Gasteiger partial charge in [0, 0.05) is 30.2 Å². The number of benzene rings is 2. The number of hydrogen-bond donors (Lipinski definition) is 0. The fourth-order valence-electron chi connectivity index (χ4n) is 5.02. The van der Waals surface area contributed by atoms with Crippen molar-refractivity contribution >= 4 is 23.4 Å². The van der Waals surface area contributed by atoms with E-state index in [9.17, 15) is 9.59 Å². The second kappa shape index (κ2) is 9.02. The van der Waals surface area contributed by atoms with Gasteiger partial charge in [-0.15, -0.1) is 0 Å². The van der Waals surface area contributed by atoms with E-state index in [-0.39, 0.29) is 23.8 Å². The van der Waals surface area contributed by atoms with Gasteiger partial charge >= 0.3 is 0 Å². The van der Waals surface area contributed by atoms with Gasteiger partial charge in [0.2, 0.25) is 5.91 Å². The van der Waals surface area contributed by atoms with Crippen molar-refractivity contribution in [1.29, 1.82) is 0 Å². The van der Waals surface area contributed by atoms with E-state index in [2.05, 4.69) is 0 Å². The Hall–Kier alpha value is -2.73. The summed E-state index contributed by atoms with van der Waals surface area (Å²) in [5.41, 5.74) is 1.70. The number of carbonyl (C=O) groups is 2. The second-order valence-corrected chi connectivity index (χ2v) is 9.13.